The predicted octanol–water partition coefficient (Wildman–Crippen LogP) is 7.44. The maximum atomic E-state index is 12.5. The van der Waals surface area contributed by atoms with E-state index in [-0.39, 0.29) is 27.3 Å². The van der Waals surface area contributed by atoms with E-state index >= 15 is 0 Å². The Bertz CT molecular complexity index is 2360. The highest BCUT2D eigenvalue weighted by Crippen LogP contribution is 2.43. The number of aromatic carboxylic acids is 2. The molecule has 11 heteroatoms. The van der Waals surface area contributed by atoms with Gasteiger partial charge >= 0.3 is 11.9 Å². The van der Waals surface area contributed by atoms with E-state index in [1.807, 2.05) is 0 Å². The molecule has 1 heterocycles. The molecule has 46 heavy (non-hydrogen) atoms. The Hall–Kier alpha value is -5.78. The van der Waals surface area contributed by atoms with E-state index in [4.69, 9.17) is 4.42 Å². The average molecular weight is 635 g/mol. The first kappa shape index (κ1) is 30.3. The van der Waals surface area contributed by atoms with Gasteiger partial charge in [-0.15, -0.1) is 0 Å². The molecule has 0 aromatic heterocycles. The number of carboxylic acid groups (broad SMARTS) is 2. The van der Waals surface area contributed by atoms with Crippen LogP contribution in [0, 0.1) is 13.8 Å². The molecule has 0 spiro atoms. The minimum Gasteiger partial charge on any atom is -0.478 e. The van der Waals surface area contributed by atoms with Crippen molar-refractivity contribution in [3.63, 3.8) is 0 Å². The fraction of sp³-hybridized carbons (Fsp3) is 0.0571. The minimum atomic E-state index is -4.62. The highest BCUT2D eigenvalue weighted by Gasteiger charge is 2.24. The Morgan fingerprint density at radius 1 is 0.761 bits per heavy atom. The van der Waals surface area contributed by atoms with Crippen molar-refractivity contribution in [2.24, 2.45) is 4.99 Å². The summed E-state index contributed by atoms with van der Waals surface area (Å²) in [4.78, 5) is 28.1. The normalized spacial score (nSPS) is 12.0. The van der Waals surface area contributed by atoms with Crippen LogP contribution in [0.3, 0.4) is 0 Å². The van der Waals surface area contributed by atoms with Crippen LogP contribution in [0.15, 0.2) is 111 Å². The summed E-state index contributed by atoms with van der Waals surface area (Å²) in [5.41, 5.74) is 4.22. The molecule has 0 fully saturated rings. The highest BCUT2D eigenvalue weighted by atomic mass is 32.2. The zero-order valence-electron chi connectivity index (χ0n) is 24.5. The zero-order valence-corrected chi connectivity index (χ0v) is 25.3. The molecule has 0 amide bonds. The van der Waals surface area contributed by atoms with Crippen LogP contribution in [-0.4, -0.2) is 35.1 Å². The predicted molar refractivity (Wildman–Crippen MR) is 173 cm³/mol. The Kier molecular flexibility index (Phi) is 7.64. The van der Waals surface area contributed by atoms with Crippen molar-refractivity contribution >= 4 is 50.1 Å². The summed E-state index contributed by atoms with van der Waals surface area (Å²) in [5, 5.41) is 23.5. The van der Waals surface area contributed by atoms with Gasteiger partial charge in [0.15, 0.2) is 0 Å². The van der Waals surface area contributed by atoms with Crippen molar-refractivity contribution < 1.29 is 37.2 Å². The van der Waals surface area contributed by atoms with Crippen molar-refractivity contribution in [3.8, 4) is 22.5 Å². The SMILES string of the molecule is Cc1cccc(C(=O)O)c1/N=c1\ccc2c(-c3ccccc3S(=O)(=O)O)c3ccc(Nc4c(C)cccc4C(=O)O)cc3oc-2c1. The van der Waals surface area contributed by atoms with Gasteiger partial charge < -0.3 is 19.9 Å². The van der Waals surface area contributed by atoms with Gasteiger partial charge in [0, 0.05) is 39.9 Å². The largest absolute Gasteiger partial charge is 0.478 e. The lowest BCUT2D eigenvalue weighted by atomic mass is 9.93. The van der Waals surface area contributed by atoms with Crippen LogP contribution in [0.2, 0.25) is 0 Å². The van der Waals surface area contributed by atoms with Crippen LogP contribution in [-0.2, 0) is 10.1 Å². The van der Waals surface area contributed by atoms with Gasteiger partial charge in [-0.1, -0.05) is 42.5 Å². The molecular weight excluding hydrogens is 608 g/mol. The van der Waals surface area contributed by atoms with E-state index < -0.39 is 22.1 Å². The van der Waals surface area contributed by atoms with Crippen LogP contribution < -0.4 is 10.7 Å². The Morgan fingerprint density at radius 2 is 1.46 bits per heavy atom. The summed E-state index contributed by atoms with van der Waals surface area (Å²) in [6.07, 6.45) is 0. The maximum absolute atomic E-state index is 12.5. The number of fused-ring (bicyclic) bond motifs is 2. The van der Waals surface area contributed by atoms with Crippen molar-refractivity contribution in [2.45, 2.75) is 18.7 Å². The first-order chi connectivity index (χ1) is 21.9. The summed E-state index contributed by atoms with van der Waals surface area (Å²) >= 11 is 0. The van der Waals surface area contributed by atoms with Gasteiger partial charge in [0.25, 0.3) is 10.1 Å². The molecule has 0 bridgehead atoms. The molecule has 0 unspecified atom stereocenters. The van der Waals surface area contributed by atoms with Crippen LogP contribution in [0.25, 0.3) is 33.4 Å². The van der Waals surface area contributed by atoms with Crippen LogP contribution in [0.4, 0.5) is 17.1 Å². The molecule has 0 saturated heterocycles. The van der Waals surface area contributed by atoms with Gasteiger partial charge in [0.2, 0.25) is 0 Å². The summed E-state index contributed by atoms with van der Waals surface area (Å²) in [7, 11) is -4.62. The Labute approximate surface area is 263 Å². The van der Waals surface area contributed by atoms with Crippen molar-refractivity contribution in [3.05, 3.63) is 125 Å². The van der Waals surface area contributed by atoms with E-state index in [9.17, 15) is 32.8 Å². The molecule has 4 aromatic carbocycles. The first-order valence-corrected chi connectivity index (χ1v) is 15.4. The second-order valence-corrected chi connectivity index (χ2v) is 12.0. The molecule has 6 rings (SSSR count). The molecule has 0 saturated carbocycles. The topological polar surface area (TPSA) is 166 Å². The summed E-state index contributed by atoms with van der Waals surface area (Å²) in [6, 6.07) is 26.0. The summed E-state index contributed by atoms with van der Waals surface area (Å²) < 4.78 is 41.4. The number of nitrogens with zero attached hydrogens (tertiary/aromatic N) is 1. The van der Waals surface area contributed by atoms with Crippen LogP contribution in [0.5, 0.6) is 0 Å². The summed E-state index contributed by atoms with van der Waals surface area (Å²) in [6.45, 7) is 3.54. The smallest absolute Gasteiger partial charge is 0.337 e. The number of nitrogens with one attached hydrogen (secondary N) is 1. The number of benzene rings is 5. The third kappa shape index (κ3) is 5.60. The number of aryl methyl sites for hydroxylation is 2. The molecule has 1 aliphatic heterocycles. The average Bonchev–Trinajstić information content (AvgIpc) is 3.01. The Morgan fingerprint density at radius 3 is 2.17 bits per heavy atom. The molecule has 230 valence electrons. The quantitative estimate of drug-likeness (QED) is 0.103. The van der Waals surface area contributed by atoms with Gasteiger partial charge in [0.1, 0.15) is 16.2 Å². The number of hydrogen-bond acceptors (Lipinski definition) is 7. The molecule has 1 aliphatic carbocycles. The van der Waals surface area contributed by atoms with Gasteiger partial charge in [-0.2, -0.15) is 8.42 Å². The van der Waals surface area contributed by atoms with Crippen LogP contribution >= 0.6 is 0 Å². The fourth-order valence-corrected chi connectivity index (χ4v) is 6.18. The molecule has 2 aliphatic rings. The van der Waals surface area contributed by atoms with Crippen LogP contribution in [0.1, 0.15) is 31.8 Å². The van der Waals surface area contributed by atoms with Crippen molar-refractivity contribution in [1.29, 1.82) is 0 Å². The third-order valence-electron chi connectivity index (χ3n) is 7.62. The molecule has 0 atom stereocenters. The highest BCUT2D eigenvalue weighted by molar-refractivity contribution is 7.86. The maximum Gasteiger partial charge on any atom is 0.337 e. The molecule has 10 nitrogen and oxygen atoms in total. The lowest BCUT2D eigenvalue weighted by molar-refractivity contribution is 0.0687. The number of anilines is 2. The van der Waals surface area contributed by atoms with E-state index in [0.29, 0.717) is 55.7 Å². The molecule has 4 aromatic rings. The van der Waals surface area contributed by atoms with E-state index in [1.165, 1.54) is 24.3 Å². The number of para-hydroxylation sites is 2. The minimum absolute atomic E-state index is 0.0333. The van der Waals surface area contributed by atoms with E-state index in [1.54, 1.807) is 86.6 Å². The Balaban J connectivity index is 1.63. The zero-order chi connectivity index (χ0) is 32.7. The second-order valence-electron chi connectivity index (χ2n) is 10.7. The molecular formula is C35H26N2O8S. The number of carboxylic acids is 2. The van der Waals surface area contributed by atoms with E-state index in [0.717, 1.165) is 0 Å². The number of rotatable bonds is 7. The lowest BCUT2D eigenvalue weighted by Crippen LogP contribution is -2.06. The first-order valence-electron chi connectivity index (χ1n) is 14.0. The second kappa shape index (κ2) is 11.6. The van der Waals surface area contributed by atoms with Gasteiger partial charge in [-0.25, -0.2) is 14.6 Å². The van der Waals surface area contributed by atoms with Crippen molar-refractivity contribution in [1.82, 2.24) is 0 Å². The molecule has 4 N–H and O–H groups in total. The standard InChI is InChI=1S/C35H26N2O8S/c1-19-7-5-10-26(34(38)39)32(19)36-21-13-15-23-28(17-21)45-29-18-22(37-33-20(2)8-6-11-27(33)35(40)41)14-16-24(29)31(23)25-9-3-4-12-30(25)46(42,43)44/h3-18,36H,1-2H3,(H,38,39)(H,40,41)(H,42,43,44)/b37-22+. The van der Waals surface area contributed by atoms with E-state index in [2.05, 4.69) is 10.3 Å². The third-order valence-corrected chi connectivity index (χ3v) is 8.53. The number of carbonyl (C=O) groups is 2. The van der Waals surface area contributed by atoms with Crippen molar-refractivity contribution in [2.75, 3.05) is 5.32 Å². The van der Waals surface area contributed by atoms with Gasteiger partial charge in [-0.05, 0) is 67.4 Å². The summed E-state index contributed by atoms with van der Waals surface area (Å²) in [5.74, 6) is -1.91. The molecule has 0 radical (unpaired) electrons. The monoisotopic (exact) mass is 634 g/mol. The fourth-order valence-electron chi connectivity index (χ4n) is 5.48. The number of hydrogen-bond donors (Lipinski definition) is 4. The lowest BCUT2D eigenvalue weighted by Gasteiger charge is -2.18. The van der Waals surface area contributed by atoms with Gasteiger partial charge in [0.05, 0.1) is 27.9 Å². The van der Waals surface area contributed by atoms with Gasteiger partial charge in [-0.3, -0.25) is 4.55 Å².